The average Bonchev–Trinajstić information content (AvgIpc) is 3.43. The van der Waals surface area contributed by atoms with Crippen LogP contribution in [0.15, 0.2) is 156 Å². The Morgan fingerprint density at radius 2 is 0.851 bits per heavy atom. The fraction of sp³-hybridized carbons (Fsp3) is 0.116. The number of rotatable bonds is 10. The number of para-hydroxylation sites is 2. The fourth-order valence-corrected chi connectivity index (χ4v) is 6.66. The molecule has 0 radical (unpaired) electrons. The van der Waals surface area contributed by atoms with Crippen LogP contribution in [0.2, 0.25) is 0 Å². The number of nitrogens with zero attached hydrogens (tertiary/aromatic N) is 2. The highest BCUT2D eigenvalue weighted by atomic mass is 16.5. The molecule has 0 bridgehead atoms. The molecule has 0 saturated heterocycles. The third-order valence-electron chi connectivity index (χ3n) is 8.70. The molecule has 0 aliphatic heterocycles. The molecule has 4 nitrogen and oxygen atoms in total. The van der Waals surface area contributed by atoms with Crippen molar-refractivity contribution in [2.24, 2.45) is 9.98 Å². The molecule has 6 aromatic rings. The van der Waals surface area contributed by atoms with E-state index in [0.717, 1.165) is 34.0 Å². The molecule has 0 saturated carbocycles. The van der Waals surface area contributed by atoms with Crippen molar-refractivity contribution in [2.75, 3.05) is 13.2 Å². The molecule has 1 aliphatic rings. The lowest BCUT2D eigenvalue weighted by Gasteiger charge is -2.34. The second-order valence-corrected chi connectivity index (χ2v) is 11.4. The molecule has 0 spiro atoms. The van der Waals surface area contributed by atoms with Crippen molar-refractivity contribution in [3.05, 3.63) is 179 Å². The average molecular weight is 613 g/mol. The van der Waals surface area contributed by atoms with Crippen LogP contribution in [0.3, 0.4) is 0 Å². The Labute approximate surface area is 276 Å². The highest BCUT2D eigenvalue weighted by Gasteiger charge is 2.45. The van der Waals surface area contributed by atoms with Gasteiger partial charge in [-0.05, 0) is 95.8 Å². The Morgan fingerprint density at radius 1 is 0.468 bits per heavy atom. The van der Waals surface area contributed by atoms with Gasteiger partial charge in [-0.2, -0.15) is 0 Å². The van der Waals surface area contributed by atoms with Crippen LogP contribution in [0, 0.1) is 0 Å². The second kappa shape index (κ2) is 13.3. The van der Waals surface area contributed by atoms with Crippen molar-refractivity contribution < 1.29 is 9.47 Å². The number of fused-ring (bicyclic) bond motifs is 3. The maximum absolute atomic E-state index is 5.80. The Hall–Kier alpha value is -5.74. The van der Waals surface area contributed by atoms with E-state index in [4.69, 9.17) is 19.5 Å². The van der Waals surface area contributed by atoms with Gasteiger partial charge in [-0.15, -0.1) is 0 Å². The largest absolute Gasteiger partial charge is 0.493 e. The number of hydrogen-bond donors (Lipinski definition) is 0. The van der Waals surface area contributed by atoms with Gasteiger partial charge in [0.05, 0.1) is 30.0 Å². The first-order chi connectivity index (χ1) is 23.2. The molecular weight excluding hydrogens is 576 g/mol. The number of benzene rings is 6. The molecule has 0 N–H and O–H groups in total. The first kappa shape index (κ1) is 29.9. The van der Waals surface area contributed by atoms with Gasteiger partial charge in [0.15, 0.2) is 0 Å². The molecule has 4 heteroatoms. The van der Waals surface area contributed by atoms with Gasteiger partial charge in [-0.1, -0.05) is 97.1 Å². The van der Waals surface area contributed by atoms with Gasteiger partial charge >= 0.3 is 0 Å². The third kappa shape index (κ3) is 5.64. The maximum Gasteiger partial charge on any atom is 0.128 e. The Balaban J connectivity index is 1.29. The molecule has 0 unspecified atom stereocenters. The summed E-state index contributed by atoms with van der Waals surface area (Å²) >= 11 is 0. The van der Waals surface area contributed by atoms with Gasteiger partial charge in [0.1, 0.15) is 11.5 Å². The van der Waals surface area contributed by atoms with E-state index in [1.165, 1.54) is 33.4 Å². The predicted octanol–water partition coefficient (Wildman–Crippen LogP) is 10.3. The van der Waals surface area contributed by atoms with Gasteiger partial charge in [0.25, 0.3) is 0 Å². The summed E-state index contributed by atoms with van der Waals surface area (Å²) in [5.74, 6) is 1.67. The lowest BCUT2D eigenvalue weighted by atomic mass is 9.67. The highest BCUT2D eigenvalue weighted by Crippen LogP contribution is 2.56. The highest BCUT2D eigenvalue weighted by molar-refractivity contribution is 5.88. The summed E-state index contributed by atoms with van der Waals surface area (Å²) in [6, 6.07) is 50.8. The zero-order valence-corrected chi connectivity index (χ0v) is 26.6. The molecule has 1 aliphatic carbocycles. The minimum absolute atomic E-state index is 0.499. The first-order valence-corrected chi connectivity index (χ1v) is 16.1. The zero-order valence-electron chi connectivity index (χ0n) is 26.6. The molecule has 0 amide bonds. The summed E-state index contributed by atoms with van der Waals surface area (Å²) in [5.41, 5.74) is 10.6. The zero-order chi connectivity index (χ0) is 32.1. The van der Waals surface area contributed by atoms with Crippen LogP contribution in [0.5, 0.6) is 11.5 Å². The SMILES string of the molecule is CCOc1ccccc1C=Nc1ccc(C2(c3ccc(N=Cc4ccccc4OCC)cc3)c3ccccc3-c3ccccc32)cc1. The Kier molecular flexibility index (Phi) is 8.48. The van der Waals surface area contributed by atoms with E-state index in [1.807, 2.05) is 74.8 Å². The lowest BCUT2D eigenvalue weighted by molar-refractivity contribution is 0.339. The molecule has 230 valence electrons. The van der Waals surface area contributed by atoms with Gasteiger partial charge in [0.2, 0.25) is 0 Å². The molecular formula is C43H36N2O2. The lowest BCUT2D eigenvalue weighted by Crippen LogP contribution is -2.28. The third-order valence-corrected chi connectivity index (χ3v) is 8.70. The number of ether oxygens (including phenoxy) is 2. The molecule has 6 aromatic carbocycles. The van der Waals surface area contributed by atoms with Crippen molar-refractivity contribution in [1.29, 1.82) is 0 Å². The second-order valence-electron chi connectivity index (χ2n) is 11.4. The minimum atomic E-state index is -0.499. The van der Waals surface area contributed by atoms with Crippen LogP contribution < -0.4 is 9.47 Å². The topological polar surface area (TPSA) is 43.2 Å². The summed E-state index contributed by atoms with van der Waals surface area (Å²) in [5, 5.41) is 0. The van der Waals surface area contributed by atoms with E-state index in [-0.39, 0.29) is 0 Å². The van der Waals surface area contributed by atoms with Gasteiger partial charge in [-0.25, -0.2) is 0 Å². The van der Waals surface area contributed by atoms with Crippen molar-refractivity contribution in [1.82, 2.24) is 0 Å². The van der Waals surface area contributed by atoms with E-state index in [2.05, 4.69) is 97.1 Å². The maximum atomic E-state index is 5.80. The van der Waals surface area contributed by atoms with Crippen LogP contribution >= 0.6 is 0 Å². The minimum Gasteiger partial charge on any atom is -0.493 e. The van der Waals surface area contributed by atoms with Crippen molar-refractivity contribution in [3.8, 4) is 22.6 Å². The van der Waals surface area contributed by atoms with Gasteiger partial charge in [0, 0.05) is 23.6 Å². The number of aliphatic imine (C=N–C) groups is 2. The standard InChI is InChI=1S/C43H36N2O2/c1-3-46-41-19-11-5-13-31(41)29-44-35-25-21-33(22-26-35)43(39-17-9-7-15-37(39)38-16-8-10-18-40(38)43)34-23-27-36(28-24-34)45-30-32-14-6-12-20-42(32)47-4-2/h5-30H,3-4H2,1-2H3. The molecule has 7 rings (SSSR count). The predicted molar refractivity (Wildman–Crippen MR) is 193 cm³/mol. The van der Waals surface area contributed by atoms with E-state index < -0.39 is 5.41 Å². The summed E-state index contributed by atoms with van der Waals surface area (Å²) in [6.07, 6.45) is 3.75. The van der Waals surface area contributed by atoms with Crippen molar-refractivity contribution >= 4 is 23.8 Å². The first-order valence-electron chi connectivity index (χ1n) is 16.1. The van der Waals surface area contributed by atoms with E-state index in [9.17, 15) is 0 Å². The van der Waals surface area contributed by atoms with Crippen LogP contribution in [0.1, 0.15) is 47.2 Å². The normalized spacial score (nSPS) is 13.1. The van der Waals surface area contributed by atoms with Crippen LogP contribution in [-0.4, -0.2) is 25.6 Å². The summed E-state index contributed by atoms with van der Waals surface area (Å²) in [7, 11) is 0. The van der Waals surface area contributed by atoms with Gasteiger partial charge < -0.3 is 9.47 Å². The Morgan fingerprint density at radius 3 is 1.28 bits per heavy atom. The number of hydrogen-bond acceptors (Lipinski definition) is 4. The smallest absolute Gasteiger partial charge is 0.128 e. The fourth-order valence-electron chi connectivity index (χ4n) is 6.66. The monoisotopic (exact) mass is 612 g/mol. The van der Waals surface area contributed by atoms with E-state index >= 15 is 0 Å². The van der Waals surface area contributed by atoms with E-state index in [1.54, 1.807) is 0 Å². The quantitative estimate of drug-likeness (QED) is 0.144. The summed E-state index contributed by atoms with van der Waals surface area (Å²) < 4.78 is 11.6. The van der Waals surface area contributed by atoms with Crippen molar-refractivity contribution in [2.45, 2.75) is 19.3 Å². The molecule has 0 aromatic heterocycles. The van der Waals surface area contributed by atoms with Crippen LogP contribution in [0.4, 0.5) is 11.4 Å². The van der Waals surface area contributed by atoms with Crippen LogP contribution in [-0.2, 0) is 5.41 Å². The van der Waals surface area contributed by atoms with Gasteiger partial charge in [-0.3, -0.25) is 9.98 Å². The van der Waals surface area contributed by atoms with Crippen molar-refractivity contribution in [3.63, 3.8) is 0 Å². The molecule has 47 heavy (non-hydrogen) atoms. The van der Waals surface area contributed by atoms with Crippen LogP contribution in [0.25, 0.3) is 11.1 Å². The summed E-state index contributed by atoms with van der Waals surface area (Å²) in [4.78, 5) is 9.63. The molecule has 0 atom stereocenters. The molecule has 0 fully saturated rings. The Bertz CT molecular complexity index is 1910. The summed E-state index contributed by atoms with van der Waals surface area (Å²) in [6.45, 7) is 5.21. The van der Waals surface area contributed by atoms with E-state index in [0.29, 0.717) is 13.2 Å². The molecule has 0 heterocycles.